The van der Waals surface area contributed by atoms with Gasteiger partial charge in [0.05, 0.1) is 29.9 Å². The summed E-state index contributed by atoms with van der Waals surface area (Å²) in [5, 5.41) is 28.7. The Kier molecular flexibility index (Phi) is 9.73. The molecule has 0 aliphatic carbocycles. The number of nitrogens with zero attached hydrogens (tertiary/aromatic N) is 5. The molecule has 0 N–H and O–H groups in total. The van der Waals surface area contributed by atoms with E-state index < -0.39 is 23.4 Å². The summed E-state index contributed by atoms with van der Waals surface area (Å²) in [6.45, 7) is 9.39. The van der Waals surface area contributed by atoms with Gasteiger partial charge in [-0.05, 0) is 24.6 Å². The molecular formula is C26H23N5O5. The Balaban J connectivity index is 2.40. The molecule has 1 aromatic carbocycles. The molecule has 0 bridgehead atoms. The van der Waals surface area contributed by atoms with Crippen LogP contribution >= 0.6 is 0 Å². The number of anilines is 1. The van der Waals surface area contributed by atoms with Crippen LogP contribution in [0.25, 0.3) is 5.57 Å². The monoisotopic (exact) mass is 485 g/mol. The van der Waals surface area contributed by atoms with E-state index in [-0.39, 0.29) is 36.6 Å². The van der Waals surface area contributed by atoms with Crippen LogP contribution in [-0.4, -0.2) is 55.6 Å². The number of carbonyl (C=O) groups excluding carboxylic acids is 3. The van der Waals surface area contributed by atoms with Crippen molar-refractivity contribution in [2.24, 2.45) is 0 Å². The van der Waals surface area contributed by atoms with E-state index in [4.69, 9.17) is 9.47 Å². The highest BCUT2D eigenvalue weighted by molar-refractivity contribution is 6.26. The van der Waals surface area contributed by atoms with Crippen LogP contribution in [0.3, 0.4) is 0 Å². The normalized spacial score (nSPS) is 12.2. The molecule has 0 unspecified atom stereocenters. The average molecular weight is 486 g/mol. The predicted molar refractivity (Wildman–Crippen MR) is 129 cm³/mol. The van der Waals surface area contributed by atoms with E-state index in [0.717, 1.165) is 22.7 Å². The summed E-state index contributed by atoms with van der Waals surface area (Å²) in [4.78, 5) is 39.0. The molecule has 1 heterocycles. The minimum absolute atomic E-state index is 0.0278. The molecule has 1 aliphatic heterocycles. The number of nitriles is 3. The van der Waals surface area contributed by atoms with Crippen molar-refractivity contribution in [1.29, 1.82) is 15.8 Å². The summed E-state index contributed by atoms with van der Waals surface area (Å²) in [6.07, 6.45) is 2.05. The van der Waals surface area contributed by atoms with Gasteiger partial charge in [0, 0.05) is 24.4 Å². The zero-order chi connectivity index (χ0) is 26.7. The van der Waals surface area contributed by atoms with Crippen LogP contribution in [-0.2, 0) is 23.9 Å². The molecular weight excluding hydrogens is 462 g/mol. The first-order chi connectivity index (χ1) is 17.4. The Morgan fingerprint density at radius 1 is 1.03 bits per heavy atom. The summed E-state index contributed by atoms with van der Waals surface area (Å²) in [5.74, 6) is -1.81. The van der Waals surface area contributed by atoms with Crippen molar-refractivity contribution in [3.63, 3.8) is 0 Å². The highest BCUT2D eigenvalue weighted by atomic mass is 16.5. The van der Waals surface area contributed by atoms with Gasteiger partial charge >= 0.3 is 11.9 Å². The molecule has 2 rings (SSSR count). The largest absolute Gasteiger partial charge is 0.461 e. The fourth-order valence-corrected chi connectivity index (χ4v) is 3.50. The first-order valence-electron chi connectivity index (χ1n) is 10.8. The number of hydrogen-bond donors (Lipinski definition) is 0. The fourth-order valence-electron chi connectivity index (χ4n) is 3.50. The predicted octanol–water partition coefficient (Wildman–Crippen LogP) is 2.39. The Bertz CT molecular complexity index is 1240. The standard InChI is InChI=1S/C26H23N5O5/c1-4-22(32)35-13-11-30(6-3)20-9-7-18(8-10-20)24-21(17-29)25(19(15-27)16-28)31(26(24)34)12-14-36-23(33)5-2/h4-5,7-10H,1-2,6,11-14H2,3H3. The first kappa shape index (κ1) is 27.1. The van der Waals surface area contributed by atoms with Gasteiger partial charge in [-0.3, -0.25) is 4.79 Å². The number of likely N-dealkylation sites (N-methyl/N-ethyl adjacent to an activating group) is 1. The summed E-state index contributed by atoms with van der Waals surface area (Å²) in [7, 11) is 0. The van der Waals surface area contributed by atoms with E-state index in [0.29, 0.717) is 18.7 Å². The summed E-state index contributed by atoms with van der Waals surface area (Å²) >= 11 is 0. The van der Waals surface area contributed by atoms with E-state index in [9.17, 15) is 30.2 Å². The van der Waals surface area contributed by atoms with Crippen LogP contribution in [0.5, 0.6) is 0 Å². The third kappa shape index (κ3) is 6.05. The van der Waals surface area contributed by atoms with Crippen LogP contribution in [0, 0.1) is 34.0 Å². The number of benzene rings is 1. The highest BCUT2D eigenvalue weighted by Gasteiger charge is 2.38. The van der Waals surface area contributed by atoms with Gasteiger partial charge in [-0.1, -0.05) is 25.3 Å². The van der Waals surface area contributed by atoms with Crippen molar-refractivity contribution in [2.75, 3.05) is 37.7 Å². The van der Waals surface area contributed by atoms with Crippen LogP contribution in [0.15, 0.2) is 66.4 Å². The maximum atomic E-state index is 13.3. The number of rotatable bonds is 11. The van der Waals surface area contributed by atoms with Crippen LogP contribution in [0.4, 0.5) is 5.69 Å². The molecule has 0 radical (unpaired) electrons. The lowest BCUT2D eigenvalue weighted by molar-refractivity contribution is -0.139. The molecule has 0 spiro atoms. The van der Waals surface area contributed by atoms with Crippen molar-refractivity contribution < 1.29 is 23.9 Å². The molecule has 0 saturated carbocycles. The van der Waals surface area contributed by atoms with Gasteiger partial charge in [-0.15, -0.1) is 0 Å². The minimum Gasteiger partial charge on any atom is -0.461 e. The third-order valence-corrected chi connectivity index (χ3v) is 5.19. The molecule has 1 aliphatic rings. The van der Waals surface area contributed by atoms with Crippen LogP contribution in [0.2, 0.25) is 0 Å². The number of esters is 2. The SMILES string of the molecule is C=CC(=O)OCCN1C(=O)C(c2ccc(N(CC)CCOC(=O)C=C)cc2)=C(C#N)C1=C(C#N)C#N. The molecule has 0 atom stereocenters. The van der Waals surface area contributed by atoms with Gasteiger partial charge in [-0.2, -0.15) is 15.8 Å². The third-order valence-electron chi connectivity index (χ3n) is 5.19. The van der Waals surface area contributed by atoms with E-state index in [1.807, 2.05) is 17.9 Å². The fraction of sp³-hybridized carbons (Fsp3) is 0.231. The maximum Gasteiger partial charge on any atom is 0.330 e. The molecule has 0 aromatic heterocycles. The molecule has 36 heavy (non-hydrogen) atoms. The summed E-state index contributed by atoms with van der Waals surface area (Å²) in [5.41, 5.74) is 0.574. The topological polar surface area (TPSA) is 148 Å². The summed E-state index contributed by atoms with van der Waals surface area (Å²) in [6, 6.07) is 12.2. The Morgan fingerprint density at radius 2 is 1.61 bits per heavy atom. The lowest BCUT2D eigenvalue weighted by Gasteiger charge is -2.23. The minimum atomic E-state index is -0.697. The highest BCUT2D eigenvalue weighted by Crippen LogP contribution is 2.37. The number of ether oxygens (including phenoxy) is 2. The van der Waals surface area contributed by atoms with Crippen molar-refractivity contribution in [3.05, 3.63) is 72.0 Å². The zero-order valence-electron chi connectivity index (χ0n) is 19.7. The maximum absolute atomic E-state index is 13.3. The van der Waals surface area contributed by atoms with Gasteiger partial charge in [0.1, 0.15) is 31.4 Å². The van der Waals surface area contributed by atoms with E-state index in [2.05, 4.69) is 13.2 Å². The van der Waals surface area contributed by atoms with Gasteiger partial charge < -0.3 is 19.3 Å². The second-order valence-electron chi connectivity index (χ2n) is 7.14. The Morgan fingerprint density at radius 3 is 2.11 bits per heavy atom. The quantitative estimate of drug-likeness (QED) is 0.262. The van der Waals surface area contributed by atoms with Crippen LogP contribution in [0.1, 0.15) is 12.5 Å². The molecule has 1 aromatic rings. The lowest BCUT2D eigenvalue weighted by atomic mass is 9.99. The average Bonchev–Trinajstić information content (AvgIpc) is 3.18. The van der Waals surface area contributed by atoms with Crippen molar-refractivity contribution in [2.45, 2.75) is 6.92 Å². The Hall–Kier alpha value is -5.14. The molecule has 10 nitrogen and oxygen atoms in total. The second kappa shape index (κ2) is 12.9. The van der Waals surface area contributed by atoms with Gasteiger partial charge in [0.15, 0.2) is 5.57 Å². The smallest absolute Gasteiger partial charge is 0.330 e. The van der Waals surface area contributed by atoms with Crippen molar-refractivity contribution in [1.82, 2.24) is 4.90 Å². The molecule has 182 valence electrons. The van der Waals surface area contributed by atoms with E-state index >= 15 is 0 Å². The van der Waals surface area contributed by atoms with Gasteiger partial charge in [0.2, 0.25) is 0 Å². The lowest BCUT2D eigenvalue weighted by Crippen LogP contribution is -2.30. The van der Waals surface area contributed by atoms with Gasteiger partial charge in [-0.25, -0.2) is 9.59 Å². The van der Waals surface area contributed by atoms with Crippen molar-refractivity contribution in [3.8, 4) is 18.2 Å². The molecule has 0 fully saturated rings. The molecule has 10 heteroatoms. The van der Waals surface area contributed by atoms with Crippen LogP contribution < -0.4 is 4.90 Å². The number of hydrogen-bond acceptors (Lipinski definition) is 9. The zero-order valence-corrected chi connectivity index (χ0v) is 19.7. The summed E-state index contributed by atoms with van der Waals surface area (Å²) < 4.78 is 9.96. The van der Waals surface area contributed by atoms with E-state index in [1.165, 1.54) is 0 Å². The molecule has 1 amide bonds. The Labute approximate surface area is 208 Å². The molecule has 0 saturated heterocycles. The number of amides is 1. The number of carbonyl (C=O) groups is 3. The van der Waals surface area contributed by atoms with Gasteiger partial charge in [0.25, 0.3) is 5.91 Å². The second-order valence-corrected chi connectivity index (χ2v) is 7.14. The first-order valence-corrected chi connectivity index (χ1v) is 10.8. The van der Waals surface area contributed by atoms with Crippen molar-refractivity contribution >= 4 is 29.1 Å². The van der Waals surface area contributed by atoms with E-state index in [1.54, 1.807) is 36.4 Å². The number of allylic oxidation sites excluding steroid dienone is 2.